The van der Waals surface area contributed by atoms with E-state index in [0.29, 0.717) is 11.1 Å². The maximum atomic E-state index is 13.2. The summed E-state index contributed by atoms with van der Waals surface area (Å²) >= 11 is 0. The van der Waals surface area contributed by atoms with Gasteiger partial charge in [0, 0.05) is 80.6 Å². The number of nitriles is 1. The number of nitrogens with zero attached hydrogens (tertiary/aromatic N) is 8. The molecule has 0 aliphatic carbocycles. The molecule has 0 spiro atoms. The van der Waals surface area contributed by atoms with Gasteiger partial charge in [-0.15, -0.1) is 5.10 Å². The van der Waals surface area contributed by atoms with Crippen LogP contribution in [0.15, 0.2) is 67.3 Å². The van der Waals surface area contributed by atoms with Crippen LogP contribution < -0.4 is 10.6 Å². The summed E-state index contributed by atoms with van der Waals surface area (Å²) in [4.78, 5) is 9.41. The summed E-state index contributed by atoms with van der Waals surface area (Å²) < 4.78 is 16.6. The average molecular weight is 508 g/mol. The second-order valence-corrected chi connectivity index (χ2v) is 9.51. The highest BCUT2D eigenvalue weighted by Gasteiger charge is 2.20. The number of rotatable bonds is 5. The van der Waals surface area contributed by atoms with E-state index in [-0.39, 0.29) is 11.6 Å². The largest absolute Gasteiger partial charge is 0.381 e. The summed E-state index contributed by atoms with van der Waals surface area (Å²) in [6, 6.07) is 15.0. The molecule has 0 saturated carbocycles. The molecular formula is C28H26FN9. The van der Waals surface area contributed by atoms with Crippen LogP contribution in [-0.2, 0) is 13.6 Å². The molecular weight excluding hydrogens is 481 g/mol. The van der Waals surface area contributed by atoms with E-state index >= 15 is 0 Å². The Hall–Kier alpha value is -4.75. The van der Waals surface area contributed by atoms with E-state index in [2.05, 4.69) is 26.1 Å². The molecule has 190 valence electrons. The Morgan fingerprint density at radius 2 is 1.76 bits per heavy atom. The minimum atomic E-state index is -0.210. The molecule has 0 radical (unpaired) electrons. The molecule has 1 fully saturated rings. The maximum absolute atomic E-state index is 13.2. The first-order chi connectivity index (χ1) is 18.5. The van der Waals surface area contributed by atoms with Crippen molar-refractivity contribution in [3.63, 3.8) is 0 Å². The van der Waals surface area contributed by atoms with E-state index in [4.69, 9.17) is 10.7 Å². The van der Waals surface area contributed by atoms with Crippen LogP contribution in [0, 0.1) is 17.1 Å². The van der Waals surface area contributed by atoms with Crippen molar-refractivity contribution in [1.82, 2.24) is 29.3 Å². The monoisotopic (exact) mass is 507 g/mol. The average Bonchev–Trinajstić information content (AvgIpc) is 3.52. The van der Waals surface area contributed by atoms with Crippen molar-refractivity contribution in [3.05, 3.63) is 84.2 Å². The predicted octanol–water partition coefficient (Wildman–Crippen LogP) is 3.71. The SMILES string of the molecule is Cn1cc(-c2cc(-c3ccc(N4CCN(Cc5ccc(F)cc5)CC4)nc3)c3c(C#N)c(N)nn3c2)cn1. The summed E-state index contributed by atoms with van der Waals surface area (Å²) in [5, 5.41) is 18.4. The quantitative estimate of drug-likeness (QED) is 0.387. The molecule has 0 amide bonds. The Balaban J connectivity index is 1.25. The fourth-order valence-electron chi connectivity index (χ4n) is 4.97. The third-order valence-corrected chi connectivity index (χ3v) is 6.98. The molecule has 5 heterocycles. The lowest BCUT2D eigenvalue weighted by Crippen LogP contribution is -2.46. The van der Waals surface area contributed by atoms with E-state index in [1.54, 1.807) is 15.4 Å². The van der Waals surface area contributed by atoms with Crippen LogP contribution in [0.2, 0.25) is 0 Å². The number of aryl methyl sites for hydroxylation is 1. The van der Waals surface area contributed by atoms with Gasteiger partial charge in [0.05, 0.1) is 11.7 Å². The lowest BCUT2D eigenvalue weighted by molar-refractivity contribution is 0.249. The van der Waals surface area contributed by atoms with Gasteiger partial charge in [-0.25, -0.2) is 13.9 Å². The first-order valence-corrected chi connectivity index (χ1v) is 12.4. The van der Waals surface area contributed by atoms with E-state index in [1.807, 2.05) is 56.0 Å². The number of benzene rings is 1. The van der Waals surface area contributed by atoms with Crippen LogP contribution in [-0.4, -0.2) is 55.5 Å². The highest BCUT2D eigenvalue weighted by molar-refractivity contribution is 5.90. The van der Waals surface area contributed by atoms with Gasteiger partial charge in [-0.3, -0.25) is 9.58 Å². The molecule has 1 saturated heterocycles. The zero-order chi connectivity index (χ0) is 26.2. The molecule has 10 heteroatoms. The topological polar surface area (TPSA) is 104 Å². The van der Waals surface area contributed by atoms with Crippen LogP contribution in [0.25, 0.3) is 27.8 Å². The Kier molecular flexibility index (Phi) is 5.98. The third kappa shape index (κ3) is 4.44. The molecule has 0 bridgehead atoms. The number of pyridine rings is 2. The van der Waals surface area contributed by atoms with Gasteiger partial charge in [0.25, 0.3) is 0 Å². The zero-order valence-corrected chi connectivity index (χ0v) is 20.9. The Labute approximate surface area is 219 Å². The van der Waals surface area contributed by atoms with Gasteiger partial charge in [-0.05, 0) is 35.9 Å². The number of halogens is 1. The molecule has 1 aromatic carbocycles. The molecule has 0 unspecified atom stereocenters. The summed E-state index contributed by atoms with van der Waals surface area (Å²) in [6.07, 6.45) is 7.42. The van der Waals surface area contributed by atoms with Crippen molar-refractivity contribution in [2.45, 2.75) is 6.54 Å². The van der Waals surface area contributed by atoms with Crippen LogP contribution in [0.4, 0.5) is 16.0 Å². The number of hydrogen-bond acceptors (Lipinski definition) is 7. The van der Waals surface area contributed by atoms with Crippen molar-refractivity contribution >= 4 is 17.2 Å². The van der Waals surface area contributed by atoms with E-state index in [1.165, 1.54) is 12.1 Å². The highest BCUT2D eigenvalue weighted by atomic mass is 19.1. The number of nitrogens with two attached hydrogens (primary N) is 1. The van der Waals surface area contributed by atoms with E-state index in [9.17, 15) is 9.65 Å². The molecule has 2 N–H and O–H groups in total. The fourth-order valence-corrected chi connectivity index (χ4v) is 4.97. The van der Waals surface area contributed by atoms with E-state index in [0.717, 1.165) is 66.4 Å². The van der Waals surface area contributed by atoms with Gasteiger partial charge >= 0.3 is 0 Å². The van der Waals surface area contributed by atoms with Crippen LogP contribution in [0.3, 0.4) is 0 Å². The van der Waals surface area contributed by atoms with Crippen molar-refractivity contribution in [2.24, 2.45) is 7.05 Å². The second-order valence-electron chi connectivity index (χ2n) is 9.51. The highest BCUT2D eigenvalue weighted by Crippen LogP contribution is 2.34. The molecule has 5 aromatic rings. The fraction of sp³-hybridized carbons (Fsp3) is 0.214. The summed E-state index contributed by atoms with van der Waals surface area (Å²) in [7, 11) is 1.87. The molecule has 6 rings (SSSR count). The van der Waals surface area contributed by atoms with Crippen molar-refractivity contribution < 1.29 is 4.39 Å². The van der Waals surface area contributed by atoms with Gasteiger partial charge in [0.1, 0.15) is 23.3 Å². The zero-order valence-electron chi connectivity index (χ0n) is 20.9. The number of anilines is 2. The predicted molar refractivity (Wildman–Crippen MR) is 144 cm³/mol. The number of hydrogen-bond donors (Lipinski definition) is 1. The number of fused-ring (bicyclic) bond motifs is 1. The first-order valence-electron chi connectivity index (χ1n) is 12.4. The molecule has 38 heavy (non-hydrogen) atoms. The van der Waals surface area contributed by atoms with Gasteiger partial charge in [-0.1, -0.05) is 12.1 Å². The number of nitrogen functional groups attached to an aromatic ring is 1. The summed E-state index contributed by atoms with van der Waals surface area (Å²) in [5.74, 6) is 0.890. The van der Waals surface area contributed by atoms with Crippen LogP contribution in [0.1, 0.15) is 11.1 Å². The molecule has 1 aliphatic rings. The Morgan fingerprint density at radius 1 is 0.974 bits per heavy atom. The van der Waals surface area contributed by atoms with Crippen LogP contribution >= 0.6 is 0 Å². The normalized spacial score (nSPS) is 14.2. The lowest BCUT2D eigenvalue weighted by Gasteiger charge is -2.35. The Morgan fingerprint density at radius 3 is 2.42 bits per heavy atom. The minimum absolute atomic E-state index is 0.195. The molecule has 9 nitrogen and oxygen atoms in total. The molecule has 4 aromatic heterocycles. The van der Waals surface area contributed by atoms with Crippen molar-refractivity contribution in [3.8, 4) is 28.3 Å². The summed E-state index contributed by atoms with van der Waals surface area (Å²) in [6.45, 7) is 4.31. The minimum Gasteiger partial charge on any atom is -0.381 e. The molecule has 1 aliphatic heterocycles. The third-order valence-electron chi connectivity index (χ3n) is 6.98. The van der Waals surface area contributed by atoms with Crippen molar-refractivity contribution in [1.29, 1.82) is 5.26 Å². The number of piperazine rings is 1. The smallest absolute Gasteiger partial charge is 0.164 e. The van der Waals surface area contributed by atoms with E-state index < -0.39 is 0 Å². The Bertz CT molecular complexity index is 1640. The van der Waals surface area contributed by atoms with Crippen molar-refractivity contribution in [2.75, 3.05) is 36.8 Å². The lowest BCUT2D eigenvalue weighted by atomic mass is 10.0. The van der Waals surface area contributed by atoms with Gasteiger partial charge in [-0.2, -0.15) is 10.4 Å². The van der Waals surface area contributed by atoms with Gasteiger partial charge in [0.2, 0.25) is 0 Å². The summed E-state index contributed by atoms with van der Waals surface area (Å²) in [5.41, 5.74) is 11.7. The maximum Gasteiger partial charge on any atom is 0.164 e. The van der Waals surface area contributed by atoms with Gasteiger partial charge in [0.15, 0.2) is 5.82 Å². The second kappa shape index (κ2) is 9.61. The first kappa shape index (κ1) is 23.6. The van der Waals surface area contributed by atoms with Crippen LogP contribution in [0.5, 0.6) is 0 Å². The number of aromatic nitrogens is 5. The molecule has 0 atom stereocenters. The standard InChI is InChI=1S/C28H26FN9/c1-35-17-22(15-33-35)21-12-24(27-25(13-30)28(31)34-38(27)18-21)20-4-7-26(32-14-20)37-10-8-36(9-11-37)16-19-2-5-23(29)6-3-19/h2-7,12,14-15,17-18H,8-11,16H2,1H3,(H2,31,34). The van der Waals surface area contributed by atoms with Gasteiger partial charge < -0.3 is 10.6 Å².